The number of benzene rings is 3. The average molecular weight is 447 g/mol. The Bertz CT molecular complexity index is 881. The molecule has 1 nitrogen and oxygen atoms in total. The molecule has 0 aliphatic carbocycles. The number of alkyl halides is 2. The van der Waals surface area contributed by atoms with E-state index in [1.54, 1.807) is 12.1 Å². The minimum atomic E-state index is -3.70. The molecule has 128 valence electrons. The van der Waals surface area contributed by atoms with Crippen molar-refractivity contribution in [1.82, 2.24) is 0 Å². The molecular formula is C20H13ClF3ORb. The van der Waals surface area contributed by atoms with Gasteiger partial charge in [0.15, 0.2) is 0 Å². The predicted octanol–water partition coefficient (Wildman–Crippen LogP) is 3.39. The van der Waals surface area contributed by atoms with Gasteiger partial charge in [0, 0.05) is 0 Å². The van der Waals surface area contributed by atoms with Crippen LogP contribution in [0.3, 0.4) is 0 Å². The summed E-state index contributed by atoms with van der Waals surface area (Å²) in [6, 6.07) is 18.0. The number of aryl methyl sites for hydroxylation is 1. The fraction of sp³-hybridized carbons (Fsp3) is 0.100. The quantitative estimate of drug-likeness (QED) is 0.558. The van der Waals surface area contributed by atoms with Gasteiger partial charge in [-0.25, -0.2) is 0 Å². The molecule has 0 spiro atoms. The first kappa shape index (κ1) is 21.6. The van der Waals surface area contributed by atoms with Gasteiger partial charge in [0.05, 0.1) is 17.1 Å². The van der Waals surface area contributed by atoms with Crippen molar-refractivity contribution in [2.75, 3.05) is 0 Å². The van der Waals surface area contributed by atoms with Gasteiger partial charge in [-0.3, -0.25) is 4.39 Å². The molecule has 3 rings (SSSR count). The van der Waals surface area contributed by atoms with Gasteiger partial charge in [-0.05, 0) is 35.2 Å². The molecule has 26 heavy (non-hydrogen) atoms. The van der Waals surface area contributed by atoms with Crippen molar-refractivity contribution in [2.24, 2.45) is 0 Å². The van der Waals surface area contributed by atoms with E-state index >= 15 is 0 Å². The maximum Gasteiger partial charge on any atom is 1.00 e. The number of ether oxygens (including phenoxy) is 1. The SMILES string of the molecule is Cc1ccc(-c2ccc(C(F)(F)Oc3cc[c-]c(Cl)c3F)cc2)cc1.[Rb+]. The zero-order chi connectivity index (χ0) is 18.0. The van der Waals surface area contributed by atoms with Crippen molar-refractivity contribution in [3.8, 4) is 16.9 Å². The Balaban J connectivity index is 0.00000243. The van der Waals surface area contributed by atoms with Crippen molar-refractivity contribution in [3.05, 3.63) is 88.7 Å². The minimum Gasteiger partial charge on any atom is -0.453 e. The van der Waals surface area contributed by atoms with E-state index in [9.17, 15) is 13.2 Å². The molecule has 0 N–H and O–H groups in total. The summed E-state index contributed by atoms with van der Waals surface area (Å²) in [5.41, 5.74) is 2.44. The van der Waals surface area contributed by atoms with Crippen LogP contribution >= 0.6 is 11.6 Å². The van der Waals surface area contributed by atoms with Gasteiger partial charge in [-0.2, -0.15) is 20.9 Å². The van der Waals surface area contributed by atoms with Crippen molar-refractivity contribution in [3.63, 3.8) is 0 Å². The van der Waals surface area contributed by atoms with E-state index < -0.39 is 22.7 Å². The molecule has 0 atom stereocenters. The third-order valence-electron chi connectivity index (χ3n) is 3.70. The third kappa shape index (κ3) is 4.99. The summed E-state index contributed by atoms with van der Waals surface area (Å²) in [5.74, 6) is -1.70. The van der Waals surface area contributed by atoms with Crippen molar-refractivity contribution in [1.29, 1.82) is 0 Å². The van der Waals surface area contributed by atoms with Crippen LogP contribution in [-0.2, 0) is 6.11 Å². The van der Waals surface area contributed by atoms with Gasteiger partial charge in [-0.15, -0.1) is 17.7 Å². The van der Waals surface area contributed by atoms with Crippen molar-refractivity contribution in [2.45, 2.75) is 13.0 Å². The monoisotopic (exact) mass is 446 g/mol. The summed E-state index contributed by atoms with van der Waals surface area (Å²) >= 11 is 5.53. The summed E-state index contributed by atoms with van der Waals surface area (Å²) in [7, 11) is 0. The van der Waals surface area contributed by atoms with Crippen LogP contribution < -0.4 is 62.9 Å². The molecule has 0 aliphatic heterocycles. The smallest absolute Gasteiger partial charge is 0.453 e. The fourth-order valence-corrected chi connectivity index (χ4v) is 2.47. The molecule has 3 aromatic carbocycles. The average Bonchev–Trinajstić information content (AvgIpc) is 2.60. The van der Waals surface area contributed by atoms with E-state index in [2.05, 4.69) is 10.8 Å². The Morgan fingerprint density at radius 2 is 1.46 bits per heavy atom. The Kier molecular flexibility index (Phi) is 7.51. The summed E-state index contributed by atoms with van der Waals surface area (Å²) in [5, 5.41) is -0.400. The van der Waals surface area contributed by atoms with Gasteiger partial charge in [0.2, 0.25) is 0 Å². The Hall–Kier alpha value is -0.655. The maximum absolute atomic E-state index is 14.3. The molecule has 6 heteroatoms. The Morgan fingerprint density at radius 3 is 2.04 bits per heavy atom. The van der Waals surface area contributed by atoms with E-state index in [0.717, 1.165) is 22.8 Å². The second kappa shape index (κ2) is 9.02. The third-order valence-corrected chi connectivity index (χ3v) is 3.97. The predicted molar refractivity (Wildman–Crippen MR) is 91.4 cm³/mol. The molecule has 0 heterocycles. The van der Waals surface area contributed by atoms with Crippen molar-refractivity contribution < 1.29 is 76.1 Å². The van der Waals surface area contributed by atoms with E-state index in [1.165, 1.54) is 18.2 Å². The van der Waals surface area contributed by atoms with Crippen LogP contribution in [-0.4, -0.2) is 0 Å². The first-order valence-corrected chi connectivity index (χ1v) is 7.85. The second-order valence-electron chi connectivity index (χ2n) is 5.53. The summed E-state index contributed by atoms with van der Waals surface area (Å²) in [6.45, 7) is 1.97. The van der Waals surface area contributed by atoms with E-state index in [1.807, 2.05) is 31.2 Å². The van der Waals surface area contributed by atoms with Crippen LogP contribution in [0.4, 0.5) is 13.2 Å². The molecule has 0 saturated heterocycles. The first-order chi connectivity index (χ1) is 11.9. The first-order valence-electron chi connectivity index (χ1n) is 7.47. The number of halogens is 4. The molecule has 0 saturated carbocycles. The zero-order valence-corrected chi connectivity index (χ0v) is 19.9. The van der Waals surface area contributed by atoms with Crippen molar-refractivity contribution >= 4 is 11.6 Å². The van der Waals surface area contributed by atoms with Gasteiger partial charge < -0.3 is 4.74 Å². The second-order valence-corrected chi connectivity index (χ2v) is 5.91. The molecular weight excluding hydrogens is 434 g/mol. The van der Waals surface area contributed by atoms with Crippen LogP contribution in [0.2, 0.25) is 5.02 Å². The van der Waals surface area contributed by atoms with Crippen LogP contribution in [0.5, 0.6) is 5.75 Å². The molecule has 0 bridgehead atoms. The molecule has 0 unspecified atom stereocenters. The molecule has 0 amide bonds. The van der Waals surface area contributed by atoms with Gasteiger partial charge in [0.25, 0.3) is 0 Å². The Morgan fingerprint density at radius 1 is 0.923 bits per heavy atom. The normalized spacial score (nSPS) is 11.0. The zero-order valence-electron chi connectivity index (χ0n) is 14.2. The molecule has 0 radical (unpaired) electrons. The van der Waals surface area contributed by atoms with Gasteiger partial charge in [0.1, 0.15) is 0 Å². The van der Waals surface area contributed by atoms with Gasteiger partial charge >= 0.3 is 64.3 Å². The molecule has 3 aromatic rings. The summed E-state index contributed by atoms with van der Waals surface area (Å²) in [4.78, 5) is 0. The maximum atomic E-state index is 14.3. The van der Waals surface area contributed by atoms with Gasteiger partial charge in [-0.1, -0.05) is 42.0 Å². The van der Waals surface area contributed by atoms with E-state index in [-0.39, 0.29) is 63.8 Å². The van der Waals surface area contributed by atoms with E-state index in [0.29, 0.717) is 0 Å². The standard InChI is InChI=1S/C20H13ClF3O.Rb/c1-13-5-7-14(8-6-13)15-9-11-16(12-10-15)20(23,24)25-18-4-2-3-17(21)19(18)22;/h2,4-12H,1H3;/q-1;+1. The molecule has 0 aromatic heterocycles. The fourth-order valence-electron chi connectivity index (χ4n) is 2.31. The number of hydrogen-bond acceptors (Lipinski definition) is 1. The van der Waals surface area contributed by atoms with Crippen LogP contribution in [0.15, 0.2) is 60.7 Å². The molecule has 0 fully saturated rings. The van der Waals surface area contributed by atoms with E-state index in [4.69, 9.17) is 11.6 Å². The minimum absolute atomic E-state index is 0. The van der Waals surface area contributed by atoms with Crippen LogP contribution in [0, 0.1) is 18.8 Å². The summed E-state index contributed by atoms with van der Waals surface area (Å²) in [6.07, 6.45) is -3.70. The largest absolute Gasteiger partial charge is 1.00 e. The number of rotatable bonds is 4. The van der Waals surface area contributed by atoms with Crippen LogP contribution in [0.25, 0.3) is 11.1 Å². The summed E-state index contributed by atoms with van der Waals surface area (Å²) < 4.78 is 46.9. The number of hydrogen-bond donors (Lipinski definition) is 0. The molecule has 0 aliphatic rings. The van der Waals surface area contributed by atoms with Crippen LogP contribution in [0.1, 0.15) is 11.1 Å². The Labute approximate surface area is 203 Å². The topological polar surface area (TPSA) is 9.23 Å².